The van der Waals surface area contributed by atoms with E-state index >= 15 is 0 Å². The molecule has 1 aromatic heterocycles. The SMILES string of the molecule is C=CC(=O)Nc1cc2c(o1)CN(S(=O)(=O)c1ccc(C(=O)NCCc3ccc4c(c3)OCO4)cc1)C2. The van der Waals surface area contributed by atoms with E-state index < -0.39 is 15.9 Å². The Hall–Kier alpha value is -4.09. The summed E-state index contributed by atoms with van der Waals surface area (Å²) in [6.45, 7) is 4.16. The summed E-state index contributed by atoms with van der Waals surface area (Å²) >= 11 is 0. The third-order valence-electron chi connectivity index (χ3n) is 5.89. The Balaban J connectivity index is 1.17. The molecule has 11 heteroatoms. The van der Waals surface area contributed by atoms with Crippen LogP contribution in [0.1, 0.15) is 27.2 Å². The second-order valence-corrected chi connectivity index (χ2v) is 10.2. The predicted molar refractivity (Wildman–Crippen MR) is 129 cm³/mol. The van der Waals surface area contributed by atoms with Crippen LogP contribution in [0.3, 0.4) is 0 Å². The van der Waals surface area contributed by atoms with Crippen LogP contribution in [-0.4, -0.2) is 37.9 Å². The lowest BCUT2D eigenvalue weighted by molar-refractivity contribution is -0.112. The molecule has 3 heterocycles. The van der Waals surface area contributed by atoms with Gasteiger partial charge in [-0.05, 0) is 54.5 Å². The van der Waals surface area contributed by atoms with Crippen LogP contribution < -0.4 is 20.1 Å². The Morgan fingerprint density at radius 1 is 1.03 bits per heavy atom. The summed E-state index contributed by atoms with van der Waals surface area (Å²) in [6, 6.07) is 13.0. The second kappa shape index (κ2) is 9.51. The van der Waals surface area contributed by atoms with E-state index in [0.717, 1.165) is 11.6 Å². The molecule has 186 valence electrons. The van der Waals surface area contributed by atoms with Crippen LogP contribution >= 0.6 is 0 Å². The summed E-state index contributed by atoms with van der Waals surface area (Å²) in [5, 5.41) is 5.36. The number of furan rings is 1. The number of sulfonamides is 1. The number of fused-ring (bicyclic) bond motifs is 2. The van der Waals surface area contributed by atoms with Gasteiger partial charge in [0.2, 0.25) is 22.7 Å². The highest BCUT2D eigenvalue weighted by Gasteiger charge is 2.33. The first-order chi connectivity index (χ1) is 17.3. The zero-order valence-electron chi connectivity index (χ0n) is 19.2. The van der Waals surface area contributed by atoms with Gasteiger partial charge in [0.1, 0.15) is 5.76 Å². The first kappa shape index (κ1) is 23.6. The van der Waals surface area contributed by atoms with Crippen molar-refractivity contribution >= 4 is 27.7 Å². The molecule has 2 aromatic carbocycles. The topological polar surface area (TPSA) is 127 Å². The summed E-state index contributed by atoms with van der Waals surface area (Å²) in [4.78, 5) is 24.0. The van der Waals surface area contributed by atoms with Crippen molar-refractivity contribution in [1.29, 1.82) is 0 Å². The number of anilines is 1. The number of nitrogens with one attached hydrogen (secondary N) is 2. The summed E-state index contributed by atoms with van der Waals surface area (Å²) in [5.41, 5.74) is 2.04. The van der Waals surface area contributed by atoms with Gasteiger partial charge in [0.05, 0.1) is 11.4 Å². The van der Waals surface area contributed by atoms with Crippen molar-refractivity contribution in [3.63, 3.8) is 0 Å². The van der Waals surface area contributed by atoms with Crippen LogP contribution in [0.4, 0.5) is 5.88 Å². The molecule has 0 aliphatic carbocycles. The molecule has 0 fully saturated rings. The number of nitrogens with zero attached hydrogens (tertiary/aromatic N) is 1. The molecule has 0 atom stereocenters. The summed E-state index contributed by atoms with van der Waals surface area (Å²) < 4.78 is 43.6. The number of amides is 2. The van der Waals surface area contributed by atoms with Gasteiger partial charge in [-0.15, -0.1) is 0 Å². The van der Waals surface area contributed by atoms with Gasteiger partial charge in [0.15, 0.2) is 17.4 Å². The van der Waals surface area contributed by atoms with E-state index in [9.17, 15) is 18.0 Å². The quantitative estimate of drug-likeness (QED) is 0.447. The van der Waals surface area contributed by atoms with E-state index in [1.54, 1.807) is 6.07 Å². The summed E-state index contributed by atoms with van der Waals surface area (Å²) in [5.74, 6) is 1.40. The second-order valence-electron chi connectivity index (χ2n) is 8.24. The molecule has 36 heavy (non-hydrogen) atoms. The smallest absolute Gasteiger partial charge is 0.251 e. The van der Waals surface area contributed by atoms with Gasteiger partial charge in [-0.1, -0.05) is 12.6 Å². The molecule has 0 radical (unpaired) electrons. The molecule has 5 rings (SSSR count). The number of benzene rings is 2. The van der Waals surface area contributed by atoms with Crippen LogP contribution in [0.2, 0.25) is 0 Å². The molecule has 0 unspecified atom stereocenters. The number of carbonyl (C=O) groups excluding carboxylic acids is 2. The highest BCUT2D eigenvalue weighted by molar-refractivity contribution is 7.89. The maximum Gasteiger partial charge on any atom is 0.251 e. The van der Waals surface area contributed by atoms with Crippen molar-refractivity contribution in [2.75, 3.05) is 18.7 Å². The fraction of sp³-hybridized carbons (Fsp3) is 0.200. The van der Waals surface area contributed by atoms with Crippen molar-refractivity contribution < 1.29 is 31.9 Å². The Bertz CT molecular complexity index is 1420. The number of ether oxygens (including phenoxy) is 2. The van der Waals surface area contributed by atoms with Gasteiger partial charge in [-0.25, -0.2) is 8.42 Å². The Morgan fingerprint density at radius 3 is 2.56 bits per heavy atom. The predicted octanol–water partition coefficient (Wildman–Crippen LogP) is 2.81. The molecule has 0 spiro atoms. The third-order valence-corrected chi connectivity index (χ3v) is 7.69. The van der Waals surface area contributed by atoms with Gasteiger partial charge in [0, 0.05) is 30.3 Å². The number of rotatable bonds is 8. The molecule has 0 saturated heterocycles. The van der Waals surface area contributed by atoms with E-state index in [2.05, 4.69) is 17.2 Å². The first-order valence-corrected chi connectivity index (χ1v) is 12.6. The van der Waals surface area contributed by atoms with Crippen LogP contribution in [-0.2, 0) is 34.3 Å². The number of carbonyl (C=O) groups is 2. The largest absolute Gasteiger partial charge is 0.454 e. The maximum atomic E-state index is 13.1. The molecule has 2 aliphatic rings. The minimum Gasteiger partial charge on any atom is -0.454 e. The Labute approximate surface area is 207 Å². The number of hydrogen-bond donors (Lipinski definition) is 2. The van der Waals surface area contributed by atoms with Crippen LogP contribution in [0.5, 0.6) is 11.5 Å². The molecule has 3 aromatic rings. The minimum absolute atomic E-state index is 0.0454. The van der Waals surface area contributed by atoms with Gasteiger partial charge in [-0.2, -0.15) is 4.31 Å². The average Bonchev–Trinajstić information content (AvgIpc) is 3.59. The third kappa shape index (κ3) is 4.70. The van der Waals surface area contributed by atoms with Gasteiger partial charge in [-0.3, -0.25) is 14.9 Å². The lowest BCUT2D eigenvalue weighted by Crippen LogP contribution is -2.27. The molecule has 0 bridgehead atoms. The standard InChI is InChI=1S/C25H23N3O7S/c1-2-23(29)27-24-12-18-13-28(14-22(18)35-24)36(31,32)19-6-4-17(5-7-19)25(30)26-10-9-16-3-8-20-21(11-16)34-15-33-20/h2-8,11-12H,1,9-10,13-15H2,(H,26,30)(H,27,29). The fourth-order valence-corrected chi connectivity index (χ4v) is 5.36. The lowest BCUT2D eigenvalue weighted by Gasteiger charge is -2.16. The van der Waals surface area contributed by atoms with Crippen LogP contribution in [0.15, 0.2) is 70.5 Å². The number of hydrogen-bond acceptors (Lipinski definition) is 7. The van der Waals surface area contributed by atoms with E-state index in [1.807, 2.05) is 18.2 Å². The normalized spacial score (nSPS) is 14.3. The monoisotopic (exact) mass is 509 g/mol. The highest BCUT2D eigenvalue weighted by atomic mass is 32.2. The van der Waals surface area contributed by atoms with E-state index in [1.165, 1.54) is 28.6 Å². The lowest BCUT2D eigenvalue weighted by atomic mass is 10.1. The van der Waals surface area contributed by atoms with Crippen molar-refractivity contribution in [3.8, 4) is 11.5 Å². The highest BCUT2D eigenvalue weighted by Crippen LogP contribution is 2.33. The molecular formula is C25H23N3O7S. The van der Waals surface area contributed by atoms with Crippen LogP contribution in [0, 0.1) is 0 Å². The zero-order valence-corrected chi connectivity index (χ0v) is 20.0. The molecular weight excluding hydrogens is 486 g/mol. The van der Waals surface area contributed by atoms with Crippen molar-refractivity contribution in [1.82, 2.24) is 9.62 Å². The van der Waals surface area contributed by atoms with Crippen molar-refractivity contribution in [2.24, 2.45) is 0 Å². The molecule has 2 N–H and O–H groups in total. The van der Waals surface area contributed by atoms with Crippen LogP contribution in [0.25, 0.3) is 0 Å². The average molecular weight is 510 g/mol. The van der Waals surface area contributed by atoms with Crippen molar-refractivity contribution in [2.45, 2.75) is 24.4 Å². The molecule has 10 nitrogen and oxygen atoms in total. The van der Waals surface area contributed by atoms with Gasteiger partial charge in [0.25, 0.3) is 5.91 Å². The van der Waals surface area contributed by atoms with Gasteiger partial charge >= 0.3 is 0 Å². The molecule has 2 aliphatic heterocycles. The summed E-state index contributed by atoms with van der Waals surface area (Å²) in [6.07, 6.45) is 1.73. The fourth-order valence-electron chi connectivity index (χ4n) is 3.99. The Morgan fingerprint density at radius 2 is 1.81 bits per heavy atom. The maximum absolute atomic E-state index is 13.1. The Kier molecular flexibility index (Phi) is 6.25. The van der Waals surface area contributed by atoms with E-state index in [0.29, 0.717) is 41.4 Å². The van der Waals surface area contributed by atoms with E-state index in [-0.39, 0.29) is 36.6 Å². The first-order valence-electron chi connectivity index (χ1n) is 11.2. The molecule has 2 amide bonds. The van der Waals surface area contributed by atoms with Crippen molar-refractivity contribution in [3.05, 3.63) is 83.6 Å². The zero-order chi connectivity index (χ0) is 25.3. The minimum atomic E-state index is -3.80. The molecule has 0 saturated carbocycles. The summed E-state index contributed by atoms with van der Waals surface area (Å²) in [7, 11) is -3.80. The van der Waals surface area contributed by atoms with E-state index in [4.69, 9.17) is 13.9 Å². The van der Waals surface area contributed by atoms with Gasteiger partial charge < -0.3 is 19.2 Å².